The van der Waals surface area contributed by atoms with E-state index >= 15 is 0 Å². The topological polar surface area (TPSA) is 120 Å². The highest BCUT2D eigenvalue weighted by Gasteiger charge is 2.37. The number of rotatable bonds is 4. The summed E-state index contributed by atoms with van der Waals surface area (Å²) in [6.45, 7) is 3.62. The van der Waals surface area contributed by atoms with Crippen LogP contribution in [0.4, 0.5) is 10.5 Å². The molecule has 1 fully saturated rings. The Balaban J connectivity index is 1.72. The molecule has 1 N–H and O–H groups in total. The van der Waals surface area contributed by atoms with Crippen molar-refractivity contribution in [2.45, 2.75) is 13.8 Å². The first-order chi connectivity index (χ1) is 15.7. The van der Waals surface area contributed by atoms with Gasteiger partial charge in [-0.3, -0.25) is 14.9 Å². The summed E-state index contributed by atoms with van der Waals surface area (Å²) in [6.07, 6.45) is 1.21. The number of carbonyl (C=O) groups excluding carboxylic acids is 4. The Bertz CT molecular complexity index is 1370. The predicted octanol–water partition coefficient (Wildman–Crippen LogP) is 3.25. The molecule has 0 atom stereocenters. The minimum atomic E-state index is -1.37. The molecule has 0 aliphatic carbocycles. The Labute approximate surface area is 193 Å². The van der Waals surface area contributed by atoms with Gasteiger partial charge in [0.1, 0.15) is 17.1 Å². The van der Waals surface area contributed by atoms with E-state index in [0.29, 0.717) is 11.3 Å². The second-order valence-electron chi connectivity index (χ2n) is 7.36. The average molecular weight is 464 g/mol. The minimum absolute atomic E-state index is 0.0878. The average Bonchev–Trinajstić information content (AvgIpc) is 3.22. The van der Waals surface area contributed by atoms with Gasteiger partial charge in [-0.1, -0.05) is 29.8 Å². The fourth-order valence-electron chi connectivity index (χ4n) is 3.41. The van der Waals surface area contributed by atoms with Gasteiger partial charge in [-0.25, -0.2) is 9.69 Å². The predicted molar refractivity (Wildman–Crippen MR) is 118 cm³/mol. The molecule has 33 heavy (non-hydrogen) atoms. The second-order valence-corrected chi connectivity index (χ2v) is 7.77. The molecule has 8 nitrogen and oxygen atoms in total. The number of aryl methyl sites for hydroxylation is 1. The fourth-order valence-corrected chi connectivity index (χ4v) is 3.62. The van der Waals surface area contributed by atoms with Crippen molar-refractivity contribution >= 4 is 47.2 Å². The number of hydrogen-bond donors (Lipinski definition) is 1. The van der Waals surface area contributed by atoms with Crippen LogP contribution in [-0.2, 0) is 9.59 Å². The maximum Gasteiger partial charge on any atom is 0.335 e. The van der Waals surface area contributed by atoms with Gasteiger partial charge < -0.3 is 14.3 Å². The zero-order chi connectivity index (χ0) is 23.9. The number of amides is 4. The van der Waals surface area contributed by atoms with Gasteiger partial charge in [0.15, 0.2) is 0 Å². The lowest BCUT2D eigenvalue weighted by atomic mass is 10.0. The molecule has 0 saturated carbocycles. The highest BCUT2D eigenvalue weighted by Crippen LogP contribution is 2.32. The van der Waals surface area contributed by atoms with Crippen LogP contribution in [0.1, 0.15) is 27.2 Å². The third-order valence-electron chi connectivity index (χ3n) is 5.30. The first kappa shape index (κ1) is 22.0. The smallest absolute Gasteiger partial charge is 0.335 e. The summed E-state index contributed by atoms with van der Waals surface area (Å²) >= 11 is 6.16. The normalized spacial score (nSPS) is 15.2. The summed E-state index contributed by atoms with van der Waals surface area (Å²) in [5, 5.41) is 13.6. The van der Waals surface area contributed by atoms with E-state index in [1.54, 1.807) is 19.1 Å². The van der Waals surface area contributed by atoms with Crippen molar-refractivity contribution in [3.8, 4) is 11.3 Å². The van der Waals surface area contributed by atoms with Crippen LogP contribution < -0.4 is 15.3 Å². The van der Waals surface area contributed by atoms with E-state index in [9.17, 15) is 24.3 Å². The van der Waals surface area contributed by atoms with Crippen LogP contribution in [0.2, 0.25) is 5.02 Å². The van der Waals surface area contributed by atoms with E-state index in [1.165, 1.54) is 36.4 Å². The molecular weight excluding hydrogens is 448 g/mol. The molecule has 0 radical (unpaired) electrons. The number of barbiturate groups is 1. The molecule has 0 spiro atoms. The molecule has 0 bridgehead atoms. The van der Waals surface area contributed by atoms with E-state index in [1.807, 2.05) is 13.0 Å². The van der Waals surface area contributed by atoms with Gasteiger partial charge in [0.2, 0.25) is 0 Å². The van der Waals surface area contributed by atoms with Crippen LogP contribution in [0.3, 0.4) is 0 Å². The minimum Gasteiger partial charge on any atom is -0.545 e. The van der Waals surface area contributed by atoms with Gasteiger partial charge in [-0.05, 0) is 66.9 Å². The molecule has 9 heteroatoms. The number of carbonyl (C=O) groups is 4. The second kappa shape index (κ2) is 8.40. The Morgan fingerprint density at radius 2 is 1.85 bits per heavy atom. The van der Waals surface area contributed by atoms with E-state index < -0.39 is 23.8 Å². The van der Waals surface area contributed by atoms with Crippen LogP contribution in [-0.4, -0.2) is 23.8 Å². The van der Waals surface area contributed by atoms with Gasteiger partial charge in [-0.15, -0.1) is 0 Å². The zero-order valence-electron chi connectivity index (χ0n) is 17.5. The number of benzene rings is 2. The van der Waals surface area contributed by atoms with Gasteiger partial charge in [0.05, 0.1) is 16.7 Å². The van der Waals surface area contributed by atoms with E-state index in [-0.39, 0.29) is 27.7 Å². The molecule has 1 saturated heterocycles. The van der Waals surface area contributed by atoms with Gasteiger partial charge in [0.25, 0.3) is 11.8 Å². The lowest BCUT2D eigenvalue weighted by molar-refractivity contribution is -0.255. The number of imide groups is 2. The summed E-state index contributed by atoms with van der Waals surface area (Å²) in [5.74, 6) is -2.67. The van der Waals surface area contributed by atoms with Crippen molar-refractivity contribution in [2.24, 2.45) is 0 Å². The molecular formula is C24H16ClN2O6-. The third-order valence-corrected chi connectivity index (χ3v) is 5.63. The molecule has 0 unspecified atom stereocenters. The summed E-state index contributed by atoms with van der Waals surface area (Å²) in [7, 11) is 0. The number of anilines is 1. The van der Waals surface area contributed by atoms with Crippen molar-refractivity contribution < 1.29 is 28.7 Å². The summed E-state index contributed by atoms with van der Waals surface area (Å²) in [5.41, 5.74) is 1.87. The highest BCUT2D eigenvalue weighted by atomic mass is 35.5. The van der Waals surface area contributed by atoms with Crippen molar-refractivity contribution in [1.82, 2.24) is 5.32 Å². The van der Waals surface area contributed by atoms with Gasteiger partial charge in [0, 0.05) is 5.56 Å². The Morgan fingerprint density at radius 1 is 1.09 bits per heavy atom. The molecule has 1 aliphatic rings. The number of furan rings is 1. The van der Waals surface area contributed by atoms with Crippen LogP contribution in [0.15, 0.2) is 58.5 Å². The molecule has 2 aromatic carbocycles. The van der Waals surface area contributed by atoms with E-state index in [0.717, 1.165) is 16.0 Å². The monoisotopic (exact) mass is 463 g/mol. The van der Waals surface area contributed by atoms with Crippen molar-refractivity contribution in [1.29, 1.82) is 0 Å². The van der Waals surface area contributed by atoms with Crippen molar-refractivity contribution in [3.05, 3.63) is 81.6 Å². The van der Waals surface area contributed by atoms with Crippen molar-refractivity contribution in [3.63, 3.8) is 0 Å². The van der Waals surface area contributed by atoms with Crippen LogP contribution in [0.25, 0.3) is 17.4 Å². The lowest BCUT2D eigenvalue weighted by Crippen LogP contribution is -2.54. The number of urea groups is 1. The third kappa shape index (κ3) is 4.04. The van der Waals surface area contributed by atoms with E-state index in [2.05, 4.69) is 5.32 Å². The Kier molecular flexibility index (Phi) is 5.61. The SMILES string of the molecule is Cc1cccc(N2C(=O)NC(=O)/C(=C/c3ccc(-c4cc(C(=O)[O-])ccc4Cl)o3)C2=O)c1C. The highest BCUT2D eigenvalue weighted by molar-refractivity contribution is 6.39. The van der Waals surface area contributed by atoms with Gasteiger partial charge in [-0.2, -0.15) is 0 Å². The number of halogens is 1. The number of carboxylic acid groups (broad SMARTS) is 1. The summed E-state index contributed by atoms with van der Waals surface area (Å²) < 4.78 is 5.69. The quantitative estimate of drug-likeness (QED) is 0.468. The van der Waals surface area contributed by atoms with Crippen molar-refractivity contribution in [2.75, 3.05) is 4.90 Å². The molecule has 3 aromatic rings. The molecule has 166 valence electrons. The van der Waals surface area contributed by atoms with Crippen LogP contribution >= 0.6 is 11.6 Å². The lowest BCUT2D eigenvalue weighted by Gasteiger charge is -2.27. The van der Waals surface area contributed by atoms with Gasteiger partial charge >= 0.3 is 6.03 Å². The first-order valence-corrected chi connectivity index (χ1v) is 10.1. The molecule has 4 amide bonds. The zero-order valence-corrected chi connectivity index (χ0v) is 18.2. The van der Waals surface area contributed by atoms with Crippen LogP contribution in [0, 0.1) is 13.8 Å². The number of carboxylic acids is 1. The largest absolute Gasteiger partial charge is 0.545 e. The Hall–Kier alpha value is -4.17. The summed E-state index contributed by atoms with van der Waals surface area (Å²) in [4.78, 5) is 50.0. The number of nitrogens with zero attached hydrogens (tertiary/aromatic N) is 1. The van der Waals surface area contributed by atoms with E-state index in [4.69, 9.17) is 16.0 Å². The number of nitrogens with one attached hydrogen (secondary N) is 1. The number of hydrogen-bond acceptors (Lipinski definition) is 6. The first-order valence-electron chi connectivity index (χ1n) is 9.76. The summed E-state index contributed by atoms with van der Waals surface area (Å²) in [6, 6.07) is 11.3. The number of aromatic carboxylic acids is 1. The maximum atomic E-state index is 13.1. The fraction of sp³-hybridized carbons (Fsp3) is 0.0833. The maximum absolute atomic E-state index is 13.1. The standard InChI is InChI=1S/C24H17ClN2O6/c1-12-4-3-5-19(13(12)2)27-22(29)17(21(28)26-24(27)32)11-15-7-9-20(33-15)16-10-14(23(30)31)6-8-18(16)25/h3-11H,1-2H3,(H,30,31)(H,26,28,32)/p-1/b17-11-. The Morgan fingerprint density at radius 3 is 2.58 bits per heavy atom. The molecule has 2 heterocycles. The van der Waals surface area contributed by atoms with Crippen LogP contribution in [0.5, 0.6) is 0 Å². The molecule has 1 aromatic heterocycles. The molecule has 4 rings (SSSR count). The molecule has 1 aliphatic heterocycles.